The average Bonchev–Trinajstić information content (AvgIpc) is 2.64. The van der Waals surface area contributed by atoms with Crippen molar-refractivity contribution in [1.82, 2.24) is 14.7 Å². The highest BCUT2D eigenvalue weighted by molar-refractivity contribution is 5.76. The lowest BCUT2D eigenvalue weighted by atomic mass is 9.69. The highest BCUT2D eigenvalue weighted by Gasteiger charge is 2.48. The molecule has 0 radical (unpaired) electrons. The number of rotatable bonds is 6. The van der Waals surface area contributed by atoms with Crippen molar-refractivity contribution < 1.29 is 9.59 Å². The third kappa shape index (κ3) is 3.92. The van der Waals surface area contributed by atoms with Crippen molar-refractivity contribution >= 4 is 11.8 Å². The van der Waals surface area contributed by atoms with Gasteiger partial charge in [-0.1, -0.05) is 0 Å². The van der Waals surface area contributed by atoms with Crippen LogP contribution in [0.25, 0.3) is 0 Å². The minimum atomic E-state index is 0.228. The van der Waals surface area contributed by atoms with Crippen LogP contribution < -0.4 is 0 Å². The van der Waals surface area contributed by atoms with Gasteiger partial charge in [0.05, 0.1) is 0 Å². The van der Waals surface area contributed by atoms with E-state index in [0.29, 0.717) is 30.3 Å². The summed E-state index contributed by atoms with van der Waals surface area (Å²) < 4.78 is 0. The predicted octanol–water partition coefficient (Wildman–Crippen LogP) is 2.75. The predicted molar refractivity (Wildman–Crippen MR) is 104 cm³/mol. The van der Waals surface area contributed by atoms with Crippen LogP contribution >= 0.6 is 0 Å². The molecule has 0 bridgehead atoms. The van der Waals surface area contributed by atoms with Crippen LogP contribution in [-0.4, -0.2) is 71.3 Å². The van der Waals surface area contributed by atoms with Crippen LogP contribution in [0.4, 0.5) is 0 Å². The molecular weight excluding hydrogens is 326 g/mol. The van der Waals surface area contributed by atoms with Crippen molar-refractivity contribution in [3.8, 4) is 0 Å². The lowest BCUT2D eigenvalue weighted by Crippen LogP contribution is -2.65. The minimum Gasteiger partial charge on any atom is -0.343 e. The highest BCUT2D eigenvalue weighted by Crippen LogP contribution is 2.43. The Morgan fingerprint density at radius 2 is 1.77 bits per heavy atom. The molecule has 0 N–H and O–H groups in total. The van der Waals surface area contributed by atoms with Crippen LogP contribution in [0.5, 0.6) is 0 Å². The maximum absolute atomic E-state index is 12.4. The van der Waals surface area contributed by atoms with Crippen molar-refractivity contribution in [2.75, 3.05) is 32.7 Å². The highest BCUT2D eigenvalue weighted by atomic mass is 16.2. The molecular formula is C21H37N3O2. The molecule has 3 aliphatic rings. The molecule has 3 heterocycles. The zero-order valence-electron chi connectivity index (χ0n) is 17.0. The molecule has 3 aliphatic heterocycles. The van der Waals surface area contributed by atoms with Gasteiger partial charge in [-0.3, -0.25) is 14.5 Å². The molecule has 5 heteroatoms. The smallest absolute Gasteiger partial charge is 0.222 e. The van der Waals surface area contributed by atoms with Crippen LogP contribution in [0, 0.1) is 11.8 Å². The van der Waals surface area contributed by atoms with Gasteiger partial charge in [0.1, 0.15) is 0 Å². The monoisotopic (exact) mass is 363 g/mol. The molecule has 2 amide bonds. The van der Waals surface area contributed by atoms with E-state index in [9.17, 15) is 9.59 Å². The summed E-state index contributed by atoms with van der Waals surface area (Å²) in [5.41, 5.74) is 0. The summed E-state index contributed by atoms with van der Waals surface area (Å²) in [4.78, 5) is 31.5. The molecule has 0 aromatic heterocycles. The maximum Gasteiger partial charge on any atom is 0.222 e. The fourth-order valence-electron chi connectivity index (χ4n) is 5.92. The molecule has 5 nitrogen and oxygen atoms in total. The molecule has 3 saturated heterocycles. The summed E-state index contributed by atoms with van der Waals surface area (Å²) in [5.74, 6) is 1.76. The van der Waals surface area contributed by atoms with E-state index in [1.54, 1.807) is 6.92 Å². The number of nitrogens with zero attached hydrogens (tertiary/aromatic N) is 3. The van der Waals surface area contributed by atoms with E-state index >= 15 is 0 Å². The van der Waals surface area contributed by atoms with Gasteiger partial charge in [-0.2, -0.15) is 0 Å². The molecule has 0 aromatic rings. The van der Waals surface area contributed by atoms with E-state index in [2.05, 4.69) is 9.80 Å². The van der Waals surface area contributed by atoms with E-state index in [4.69, 9.17) is 0 Å². The summed E-state index contributed by atoms with van der Waals surface area (Å²) in [6.45, 7) is 10.8. The molecule has 3 fully saturated rings. The number of amides is 2. The summed E-state index contributed by atoms with van der Waals surface area (Å²) in [7, 11) is 0. The Labute approximate surface area is 159 Å². The number of piperidine rings is 3. The van der Waals surface area contributed by atoms with Crippen molar-refractivity contribution in [3.05, 3.63) is 0 Å². The molecule has 0 unspecified atom stereocenters. The molecule has 3 rings (SSSR count). The fraction of sp³-hybridized carbons (Fsp3) is 0.905. The van der Waals surface area contributed by atoms with Gasteiger partial charge in [0.15, 0.2) is 0 Å². The first-order chi connectivity index (χ1) is 12.6. The van der Waals surface area contributed by atoms with Crippen molar-refractivity contribution in [3.63, 3.8) is 0 Å². The first-order valence-corrected chi connectivity index (χ1v) is 10.9. The van der Waals surface area contributed by atoms with E-state index in [0.717, 1.165) is 32.5 Å². The number of hydrogen-bond acceptors (Lipinski definition) is 3. The molecule has 0 aromatic carbocycles. The van der Waals surface area contributed by atoms with Gasteiger partial charge in [0, 0.05) is 45.1 Å². The number of carbonyl (C=O) groups is 2. The van der Waals surface area contributed by atoms with Crippen molar-refractivity contribution in [2.24, 2.45) is 11.8 Å². The Morgan fingerprint density at radius 1 is 1.08 bits per heavy atom. The van der Waals surface area contributed by atoms with E-state index in [1.165, 1.54) is 38.8 Å². The number of likely N-dealkylation sites (tertiary alicyclic amines) is 1. The molecule has 26 heavy (non-hydrogen) atoms. The van der Waals surface area contributed by atoms with E-state index in [1.807, 2.05) is 18.7 Å². The Balaban J connectivity index is 1.66. The Hall–Kier alpha value is -1.10. The van der Waals surface area contributed by atoms with Gasteiger partial charge in [0.25, 0.3) is 0 Å². The van der Waals surface area contributed by atoms with Crippen molar-refractivity contribution in [2.45, 2.75) is 77.8 Å². The first kappa shape index (κ1) is 19.7. The second kappa shape index (κ2) is 8.73. The normalized spacial score (nSPS) is 31.4. The Bertz CT molecular complexity index is 503. The van der Waals surface area contributed by atoms with Crippen LogP contribution in [0.1, 0.15) is 65.7 Å². The van der Waals surface area contributed by atoms with Gasteiger partial charge in [-0.25, -0.2) is 0 Å². The van der Waals surface area contributed by atoms with Gasteiger partial charge >= 0.3 is 0 Å². The Morgan fingerprint density at radius 3 is 2.42 bits per heavy atom. The van der Waals surface area contributed by atoms with Gasteiger partial charge in [0.2, 0.25) is 11.8 Å². The summed E-state index contributed by atoms with van der Waals surface area (Å²) in [5, 5.41) is 0. The van der Waals surface area contributed by atoms with E-state index in [-0.39, 0.29) is 11.8 Å². The second-order valence-corrected chi connectivity index (χ2v) is 8.43. The van der Waals surface area contributed by atoms with Crippen LogP contribution in [0.15, 0.2) is 0 Å². The summed E-state index contributed by atoms with van der Waals surface area (Å²) >= 11 is 0. The molecule has 4 atom stereocenters. The van der Waals surface area contributed by atoms with Crippen LogP contribution in [-0.2, 0) is 9.59 Å². The molecule has 148 valence electrons. The van der Waals surface area contributed by atoms with Crippen LogP contribution in [0.3, 0.4) is 0 Å². The van der Waals surface area contributed by atoms with E-state index < -0.39 is 0 Å². The minimum absolute atomic E-state index is 0.228. The maximum atomic E-state index is 12.4. The topological polar surface area (TPSA) is 43.9 Å². The van der Waals surface area contributed by atoms with Crippen molar-refractivity contribution in [1.29, 1.82) is 0 Å². The first-order valence-electron chi connectivity index (χ1n) is 10.9. The third-order valence-electron chi connectivity index (χ3n) is 7.08. The van der Waals surface area contributed by atoms with Gasteiger partial charge in [-0.15, -0.1) is 0 Å². The lowest BCUT2D eigenvalue weighted by Gasteiger charge is -2.57. The lowest BCUT2D eigenvalue weighted by molar-refractivity contribution is -0.144. The van der Waals surface area contributed by atoms with Gasteiger partial charge in [-0.05, 0) is 77.3 Å². The SMILES string of the molecule is CCN(CC)C(=O)CCC[C@@H]1[C@H]2CCCN3CCC[C@@H](CN1C(C)=O)[C@@H]23. The average molecular weight is 364 g/mol. The Kier molecular flexibility index (Phi) is 6.60. The molecule has 0 saturated carbocycles. The van der Waals surface area contributed by atoms with Gasteiger partial charge < -0.3 is 9.80 Å². The quantitative estimate of drug-likeness (QED) is 0.729. The zero-order valence-corrected chi connectivity index (χ0v) is 17.0. The third-order valence-corrected chi connectivity index (χ3v) is 7.08. The molecule has 0 spiro atoms. The zero-order chi connectivity index (χ0) is 18.7. The number of hydrogen-bond donors (Lipinski definition) is 0. The second-order valence-electron chi connectivity index (χ2n) is 8.43. The van der Waals surface area contributed by atoms with Crippen LogP contribution in [0.2, 0.25) is 0 Å². The summed E-state index contributed by atoms with van der Waals surface area (Å²) in [6.07, 6.45) is 7.56. The summed E-state index contributed by atoms with van der Waals surface area (Å²) in [6, 6.07) is 1.01. The fourth-order valence-corrected chi connectivity index (χ4v) is 5.92. The standard InChI is InChI=1S/C21H37N3O2/c1-4-22(5-2)20(26)12-6-11-19-18-10-8-14-23-13-7-9-17(21(18)23)15-24(19)16(3)25/h17-19,21H,4-15H2,1-3H3/t17-,18+,19+,21-/m0/s1. The number of carbonyl (C=O) groups excluding carboxylic acids is 2. The largest absolute Gasteiger partial charge is 0.343 e. The molecule has 0 aliphatic carbocycles.